The van der Waals surface area contributed by atoms with Crippen LogP contribution in [0.1, 0.15) is 54.9 Å². The van der Waals surface area contributed by atoms with Crippen LogP contribution < -0.4 is 4.74 Å². The minimum atomic E-state index is -0.507. The minimum absolute atomic E-state index is 0.0988. The number of nitrogens with zero attached hydrogens (tertiary/aromatic N) is 1. The fourth-order valence-electron chi connectivity index (χ4n) is 3.60. The first-order valence-corrected chi connectivity index (χ1v) is 10.1. The zero-order chi connectivity index (χ0) is 22.6. The highest BCUT2D eigenvalue weighted by molar-refractivity contribution is 5.90. The predicted molar refractivity (Wildman–Crippen MR) is 119 cm³/mol. The van der Waals surface area contributed by atoms with Gasteiger partial charge in [-0.3, -0.25) is 4.79 Å². The Hall–Kier alpha value is -3.41. The zero-order valence-corrected chi connectivity index (χ0v) is 18.6. The van der Waals surface area contributed by atoms with E-state index in [1.54, 1.807) is 19.2 Å². The second-order valence-electron chi connectivity index (χ2n) is 8.62. The van der Waals surface area contributed by atoms with Gasteiger partial charge in [0.2, 0.25) is 0 Å². The number of methoxy groups -OCH3 is 2. The quantitative estimate of drug-likeness (QED) is 0.544. The van der Waals surface area contributed by atoms with Crippen LogP contribution in [0.5, 0.6) is 5.75 Å². The van der Waals surface area contributed by atoms with Crippen LogP contribution in [0.2, 0.25) is 0 Å². The molecule has 1 N–H and O–H groups in total. The van der Waals surface area contributed by atoms with Gasteiger partial charge in [-0.25, -0.2) is 9.78 Å². The van der Waals surface area contributed by atoms with Crippen LogP contribution in [-0.2, 0) is 9.53 Å². The number of carbonyl (C=O) groups excluding carboxylic acids is 2. The molecule has 0 amide bonds. The number of esters is 1. The first-order chi connectivity index (χ1) is 14.7. The van der Waals surface area contributed by atoms with Crippen molar-refractivity contribution in [2.75, 3.05) is 14.2 Å². The molecule has 0 radical (unpaired) electrons. The Morgan fingerprint density at radius 3 is 2.45 bits per heavy atom. The van der Waals surface area contributed by atoms with Crippen molar-refractivity contribution in [3.8, 4) is 17.0 Å². The van der Waals surface area contributed by atoms with Gasteiger partial charge < -0.3 is 14.5 Å². The normalized spacial score (nSPS) is 12.3. The number of aromatic nitrogens is 2. The highest BCUT2D eigenvalue weighted by Crippen LogP contribution is 2.37. The molecule has 0 aliphatic rings. The van der Waals surface area contributed by atoms with E-state index in [0.717, 1.165) is 16.8 Å². The third kappa shape index (κ3) is 5.20. The fourth-order valence-corrected chi connectivity index (χ4v) is 3.60. The molecule has 0 fully saturated rings. The van der Waals surface area contributed by atoms with E-state index in [9.17, 15) is 9.59 Å². The van der Waals surface area contributed by atoms with E-state index in [0.29, 0.717) is 17.9 Å². The summed E-state index contributed by atoms with van der Waals surface area (Å²) >= 11 is 0. The van der Waals surface area contributed by atoms with Gasteiger partial charge in [0, 0.05) is 29.4 Å². The molecule has 1 atom stereocenters. The number of aromatic amines is 1. The van der Waals surface area contributed by atoms with Crippen molar-refractivity contribution in [2.24, 2.45) is 5.41 Å². The van der Waals surface area contributed by atoms with Crippen molar-refractivity contribution in [3.63, 3.8) is 0 Å². The SMILES string of the molecule is COC(=O)c1cccc(-c2ccc(OC)c(C(C(=O)CC(C)(C)C)c3ccc[nH]3)c2)n1. The maximum atomic E-state index is 13.4. The van der Waals surface area contributed by atoms with Gasteiger partial charge in [-0.2, -0.15) is 0 Å². The number of benzene rings is 1. The van der Waals surface area contributed by atoms with Gasteiger partial charge in [-0.1, -0.05) is 26.8 Å². The first-order valence-electron chi connectivity index (χ1n) is 10.1. The fraction of sp³-hybridized carbons (Fsp3) is 0.320. The van der Waals surface area contributed by atoms with Gasteiger partial charge in [-0.15, -0.1) is 0 Å². The van der Waals surface area contributed by atoms with E-state index >= 15 is 0 Å². The van der Waals surface area contributed by atoms with Crippen molar-refractivity contribution in [1.82, 2.24) is 9.97 Å². The van der Waals surface area contributed by atoms with Crippen molar-refractivity contribution >= 4 is 11.8 Å². The smallest absolute Gasteiger partial charge is 0.356 e. The summed E-state index contributed by atoms with van der Waals surface area (Å²) in [6.45, 7) is 6.14. The lowest BCUT2D eigenvalue weighted by Crippen LogP contribution is -2.21. The van der Waals surface area contributed by atoms with Crippen molar-refractivity contribution in [1.29, 1.82) is 0 Å². The number of ether oxygens (including phenoxy) is 2. The van der Waals surface area contributed by atoms with Crippen molar-refractivity contribution in [2.45, 2.75) is 33.1 Å². The number of nitrogens with one attached hydrogen (secondary N) is 1. The van der Waals surface area contributed by atoms with E-state index in [1.165, 1.54) is 7.11 Å². The number of H-pyrrole nitrogens is 1. The number of hydrogen-bond donors (Lipinski definition) is 1. The van der Waals surface area contributed by atoms with Crippen LogP contribution in [0.25, 0.3) is 11.3 Å². The van der Waals surface area contributed by atoms with E-state index in [1.807, 2.05) is 63.4 Å². The summed E-state index contributed by atoms with van der Waals surface area (Å²) in [5.74, 6) is -0.287. The Labute approximate surface area is 182 Å². The molecule has 0 aliphatic carbocycles. The average molecular weight is 421 g/mol. The van der Waals surface area contributed by atoms with Gasteiger partial charge in [0.15, 0.2) is 0 Å². The molecule has 0 aliphatic heterocycles. The van der Waals surface area contributed by atoms with E-state index in [-0.39, 0.29) is 16.9 Å². The standard InChI is InChI=1S/C25H28N2O4/c1-25(2,3)15-21(28)23(19-10-7-13-26-19)17-14-16(11-12-22(17)30-4)18-8-6-9-20(27-18)24(29)31-5/h6-14,23,26H,15H2,1-5H3. The zero-order valence-electron chi connectivity index (χ0n) is 18.6. The molecule has 2 heterocycles. The van der Waals surface area contributed by atoms with Crippen molar-refractivity contribution < 1.29 is 19.1 Å². The van der Waals surface area contributed by atoms with Crippen molar-refractivity contribution in [3.05, 3.63) is 71.7 Å². The van der Waals surface area contributed by atoms with Gasteiger partial charge in [0.25, 0.3) is 0 Å². The molecular weight excluding hydrogens is 392 g/mol. The lowest BCUT2D eigenvalue weighted by Gasteiger charge is -2.24. The predicted octanol–water partition coefficient (Wildman–Crippen LogP) is 5.01. The number of rotatable bonds is 7. The van der Waals surface area contributed by atoms with Crippen LogP contribution >= 0.6 is 0 Å². The molecular formula is C25H28N2O4. The number of hydrogen-bond acceptors (Lipinski definition) is 5. The number of pyridine rings is 1. The summed E-state index contributed by atoms with van der Waals surface area (Å²) in [6, 6.07) is 14.6. The number of carbonyl (C=O) groups is 2. The number of Topliss-reactive ketones (excluding diaryl/α,β-unsaturated/α-hetero) is 1. The van der Waals surface area contributed by atoms with E-state index < -0.39 is 11.9 Å². The van der Waals surface area contributed by atoms with Crippen LogP contribution in [-0.4, -0.2) is 35.9 Å². The van der Waals surface area contributed by atoms with Gasteiger partial charge >= 0.3 is 5.97 Å². The Balaban J connectivity index is 2.12. The minimum Gasteiger partial charge on any atom is -0.496 e. The number of ketones is 1. The molecule has 0 spiro atoms. The summed E-state index contributed by atoms with van der Waals surface area (Å²) in [5, 5.41) is 0. The van der Waals surface area contributed by atoms with E-state index in [4.69, 9.17) is 9.47 Å². The van der Waals surface area contributed by atoms with E-state index in [2.05, 4.69) is 9.97 Å². The summed E-state index contributed by atoms with van der Waals surface area (Å²) in [4.78, 5) is 32.9. The first kappa shape index (κ1) is 22.3. The highest BCUT2D eigenvalue weighted by Gasteiger charge is 2.30. The molecule has 6 nitrogen and oxygen atoms in total. The third-order valence-corrected chi connectivity index (χ3v) is 4.94. The summed E-state index contributed by atoms with van der Waals surface area (Å²) in [6.07, 6.45) is 2.23. The Kier molecular flexibility index (Phi) is 6.59. The van der Waals surface area contributed by atoms with Gasteiger partial charge in [0.1, 0.15) is 17.2 Å². The molecule has 0 bridgehead atoms. The Morgan fingerprint density at radius 2 is 1.84 bits per heavy atom. The Morgan fingerprint density at radius 1 is 1.06 bits per heavy atom. The molecule has 0 saturated heterocycles. The molecule has 1 unspecified atom stereocenters. The van der Waals surface area contributed by atoms with Gasteiger partial charge in [0.05, 0.1) is 25.8 Å². The molecule has 1 aromatic carbocycles. The van der Waals surface area contributed by atoms with Crippen LogP contribution in [0.4, 0.5) is 0 Å². The maximum Gasteiger partial charge on any atom is 0.356 e. The molecule has 162 valence electrons. The maximum absolute atomic E-state index is 13.4. The van der Waals surface area contributed by atoms with Crippen LogP contribution in [0, 0.1) is 5.41 Å². The topological polar surface area (TPSA) is 81.3 Å². The van der Waals surface area contributed by atoms with Gasteiger partial charge in [-0.05, 0) is 47.9 Å². The molecule has 6 heteroatoms. The molecule has 3 rings (SSSR count). The average Bonchev–Trinajstić information content (AvgIpc) is 3.26. The largest absolute Gasteiger partial charge is 0.496 e. The summed E-state index contributed by atoms with van der Waals surface area (Å²) < 4.78 is 10.4. The second-order valence-corrected chi connectivity index (χ2v) is 8.62. The molecule has 3 aromatic rings. The molecule has 2 aromatic heterocycles. The second kappa shape index (κ2) is 9.16. The third-order valence-electron chi connectivity index (χ3n) is 4.94. The lowest BCUT2D eigenvalue weighted by molar-refractivity contribution is -0.121. The molecule has 0 saturated carbocycles. The monoisotopic (exact) mass is 420 g/mol. The molecule has 31 heavy (non-hydrogen) atoms. The van der Waals surface area contributed by atoms with Crippen LogP contribution in [0.15, 0.2) is 54.7 Å². The lowest BCUT2D eigenvalue weighted by atomic mass is 9.81. The van der Waals surface area contributed by atoms with Crippen LogP contribution in [0.3, 0.4) is 0 Å². The highest BCUT2D eigenvalue weighted by atomic mass is 16.5. The Bertz CT molecular complexity index is 1070. The summed E-state index contributed by atoms with van der Waals surface area (Å²) in [7, 11) is 2.92. The summed E-state index contributed by atoms with van der Waals surface area (Å²) in [5.41, 5.74) is 3.02.